The van der Waals surface area contributed by atoms with E-state index >= 15 is 0 Å². The van der Waals surface area contributed by atoms with Crippen LogP contribution in [0.1, 0.15) is 35.5 Å². The maximum atomic E-state index is 4.65. The first-order chi connectivity index (χ1) is 9.17. The Kier molecular flexibility index (Phi) is 3.87. The number of thioether (sulfide) groups is 1. The molecule has 0 aliphatic heterocycles. The molecule has 1 aliphatic carbocycles. The van der Waals surface area contributed by atoms with Gasteiger partial charge < -0.3 is 5.32 Å². The van der Waals surface area contributed by atoms with E-state index in [1.54, 1.807) is 11.3 Å². The van der Waals surface area contributed by atoms with Crippen LogP contribution in [0, 0.1) is 13.8 Å². The van der Waals surface area contributed by atoms with Gasteiger partial charge in [0, 0.05) is 28.9 Å². The van der Waals surface area contributed by atoms with Crippen LogP contribution in [-0.2, 0) is 6.54 Å². The van der Waals surface area contributed by atoms with Crippen molar-refractivity contribution in [2.24, 2.45) is 0 Å². The average Bonchev–Trinajstić information content (AvgIpc) is 3.02. The van der Waals surface area contributed by atoms with Crippen LogP contribution in [0.2, 0.25) is 0 Å². The van der Waals surface area contributed by atoms with E-state index < -0.39 is 0 Å². The number of rotatable bonds is 4. The van der Waals surface area contributed by atoms with E-state index in [9.17, 15) is 0 Å². The van der Waals surface area contributed by atoms with Gasteiger partial charge >= 0.3 is 0 Å². The first-order valence-electron chi connectivity index (χ1n) is 6.87. The lowest BCUT2D eigenvalue weighted by Gasteiger charge is -2.12. The van der Waals surface area contributed by atoms with Gasteiger partial charge in [-0.15, -0.1) is 11.3 Å². The van der Waals surface area contributed by atoms with Crippen molar-refractivity contribution >= 4 is 28.1 Å². The highest BCUT2D eigenvalue weighted by atomic mass is 32.2. The van der Waals surface area contributed by atoms with Crippen LogP contribution in [0.25, 0.3) is 4.96 Å². The van der Waals surface area contributed by atoms with E-state index in [1.807, 2.05) is 11.8 Å². The normalized spacial score (nSPS) is 23.5. The minimum absolute atomic E-state index is 0.683. The highest BCUT2D eigenvalue weighted by Gasteiger charge is 2.24. The Bertz CT molecular complexity index is 573. The predicted molar refractivity (Wildman–Crippen MR) is 84.3 cm³/mol. The molecule has 0 spiro atoms. The second kappa shape index (κ2) is 5.46. The fourth-order valence-corrected chi connectivity index (χ4v) is 4.59. The summed E-state index contributed by atoms with van der Waals surface area (Å²) in [7, 11) is 0. The highest BCUT2D eigenvalue weighted by molar-refractivity contribution is 7.99. The number of hydrogen-bond acceptors (Lipinski definition) is 4. The van der Waals surface area contributed by atoms with Crippen molar-refractivity contribution in [3.8, 4) is 0 Å². The van der Waals surface area contributed by atoms with Gasteiger partial charge in [-0.25, -0.2) is 4.98 Å². The number of nitrogens with one attached hydrogen (secondary N) is 1. The second-order valence-electron chi connectivity index (χ2n) is 5.39. The summed E-state index contributed by atoms with van der Waals surface area (Å²) in [5.41, 5.74) is 2.49. The number of thiazole rings is 1. The first-order valence-corrected chi connectivity index (χ1v) is 8.98. The van der Waals surface area contributed by atoms with Crippen molar-refractivity contribution in [2.45, 2.75) is 50.9 Å². The number of hydrogen-bond donors (Lipinski definition) is 1. The number of fused-ring (bicyclic) bond motifs is 1. The van der Waals surface area contributed by atoms with Crippen LogP contribution in [0.15, 0.2) is 6.20 Å². The average molecular weight is 295 g/mol. The lowest BCUT2D eigenvalue weighted by Crippen LogP contribution is -2.27. The topological polar surface area (TPSA) is 29.3 Å². The zero-order valence-corrected chi connectivity index (χ0v) is 13.4. The van der Waals surface area contributed by atoms with Crippen molar-refractivity contribution in [3.63, 3.8) is 0 Å². The van der Waals surface area contributed by atoms with E-state index in [4.69, 9.17) is 0 Å². The third-order valence-corrected chi connectivity index (χ3v) is 6.01. The molecular formula is C14H21N3S2. The van der Waals surface area contributed by atoms with E-state index in [-0.39, 0.29) is 0 Å². The minimum atomic E-state index is 0.683. The number of aromatic nitrogens is 2. The van der Waals surface area contributed by atoms with Crippen LogP contribution < -0.4 is 5.32 Å². The van der Waals surface area contributed by atoms with Gasteiger partial charge in [0.25, 0.3) is 0 Å². The zero-order valence-electron chi connectivity index (χ0n) is 11.8. The Labute approximate surface area is 122 Å². The Morgan fingerprint density at radius 3 is 3.05 bits per heavy atom. The van der Waals surface area contributed by atoms with E-state index in [0.29, 0.717) is 6.04 Å². The molecule has 0 amide bonds. The maximum Gasteiger partial charge on any atom is 0.194 e. The van der Waals surface area contributed by atoms with Crippen molar-refractivity contribution in [3.05, 3.63) is 22.5 Å². The van der Waals surface area contributed by atoms with E-state index in [1.165, 1.54) is 29.8 Å². The fraction of sp³-hybridized carbons (Fsp3) is 0.643. The second-order valence-corrected chi connectivity index (χ2v) is 7.74. The highest BCUT2D eigenvalue weighted by Crippen LogP contribution is 2.28. The van der Waals surface area contributed by atoms with E-state index in [2.05, 4.69) is 41.0 Å². The summed E-state index contributed by atoms with van der Waals surface area (Å²) < 4.78 is 2.25. The Hall–Kier alpha value is -0.520. The molecule has 3 rings (SSSR count). The van der Waals surface area contributed by atoms with Crippen LogP contribution >= 0.6 is 23.1 Å². The summed E-state index contributed by atoms with van der Waals surface area (Å²) in [5, 5.41) is 4.58. The van der Waals surface area contributed by atoms with Gasteiger partial charge in [0.1, 0.15) is 0 Å². The predicted octanol–water partition coefficient (Wildman–Crippen LogP) is 3.39. The van der Waals surface area contributed by atoms with Gasteiger partial charge in [-0.05, 0) is 39.4 Å². The number of aryl methyl sites for hydroxylation is 2. The SMILES string of the molecule is CSC1CCC(NCc2c(C)nc3sc(C)cn23)C1. The van der Waals surface area contributed by atoms with Crippen LogP contribution in [0.5, 0.6) is 0 Å². The third-order valence-electron chi connectivity index (χ3n) is 4.02. The molecule has 19 heavy (non-hydrogen) atoms. The lowest BCUT2D eigenvalue weighted by atomic mass is 10.2. The molecule has 2 unspecified atom stereocenters. The molecule has 0 radical (unpaired) electrons. The molecule has 1 aliphatic rings. The third kappa shape index (κ3) is 2.69. The zero-order chi connectivity index (χ0) is 13.4. The van der Waals surface area contributed by atoms with Crippen molar-refractivity contribution in [1.29, 1.82) is 0 Å². The van der Waals surface area contributed by atoms with Gasteiger partial charge in [-0.2, -0.15) is 11.8 Å². The monoisotopic (exact) mass is 295 g/mol. The molecule has 5 heteroatoms. The molecule has 2 aromatic rings. The van der Waals surface area contributed by atoms with Crippen molar-refractivity contribution in [1.82, 2.24) is 14.7 Å². The van der Waals surface area contributed by atoms with Crippen molar-refractivity contribution in [2.75, 3.05) is 6.26 Å². The Morgan fingerprint density at radius 1 is 1.47 bits per heavy atom. The molecule has 0 aromatic carbocycles. The smallest absolute Gasteiger partial charge is 0.194 e. The minimum Gasteiger partial charge on any atom is -0.308 e. The van der Waals surface area contributed by atoms with Gasteiger partial charge in [0.15, 0.2) is 4.96 Å². The molecule has 2 aromatic heterocycles. The molecule has 1 saturated carbocycles. The number of imidazole rings is 1. The summed E-state index contributed by atoms with van der Waals surface area (Å²) in [6.45, 7) is 5.20. The summed E-state index contributed by atoms with van der Waals surface area (Å²) in [6, 6.07) is 0.683. The van der Waals surface area contributed by atoms with Crippen LogP contribution in [-0.4, -0.2) is 26.9 Å². The summed E-state index contributed by atoms with van der Waals surface area (Å²) >= 11 is 3.78. The maximum absolute atomic E-state index is 4.65. The standard InChI is InChI=1S/C14H21N3S2/c1-9-8-17-13(10(2)16-14(17)19-9)7-15-11-4-5-12(6-11)18-3/h8,11-12,15H,4-7H2,1-3H3. The van der Waals surface area contributed by atoms with E-state index in [0.717, 1.165) is 22.4 Å². The van der Waals surface area contributed by atoms with Gasteiger partial charge in [-0.3, -0.25) is 4.40 Å². The largest absolute Gasteiger partial charge is 0.308 e. The molecule has 3 nitrogen and oxygen atoms in total. The molecule has 1 fully saturated rings. The quantitative estimate of drug-likeness (QED) is 0.937. The lowest BCUT2D eigenvalue weighted by molar-refractivity contribution is 0.518. The van der Waals surface area contributed by atoms with Gasteiger partial charge in [0.2, 0.25) is 0 Å². The van der Waals surface area contributed by atoms with Crippen molar-refractivity contribution < 1.29 is 0 Å². The molecule has 1 N–H and O–H groups in total. The Morgan fingerprint density at radius 2 is 2.32 bits per heavy atom. The first kappa shape index (κ1) is 13.5. The van der Waals surface area contributed by atoms with Gasteiger partial charge in [-0.1, -0.05) is 0 Å². The molecule has 0 saturated heterocycles. The van der Waals surface area contributed by atoms with Gasteiger partial charge in [0.05, 0.1) is 11.4 Å². The molecule has 2 atom stereocenters. The molecule has 2 heterocycles. The van der Waals surface area contributed by atoms with Crippen LogP contribution in [0.3, 0.4) is 0 Å². The molecular weight excluding hydrogens is 274 g/mol. The number of nitrogens with zero attached hydrogens (tertiary/aromatic N) is 2. The summed E-state index contributed by atoms with van der Waals surface area (Å²) in [6.07, 6.45) is 8.42. The summed E-state index contributed by atoms with van der Waals surface area (Å²) in [5.74, 6) is 0. The van der Waals surface area contributed by atoms with Crippen LogP contribution in [0.4, 0.5) is 0 Å². The fourth-order valence-electron chi connectivity index (χ4n) is 2.90. The molecule has 0 bridgehead atoms. The summed E-state index contributed by atoms with van der Waals surface area (Å²) in [4.78, 5) is 7.10. The Balaban J connectivity index is 1.69. The molecule has 104 valence electrons.